The predicted molar refractivity (Wildman–Crippen MR) is 74.3 cm³/mol. The molecule has 0 radical (unpaired) electrons. The standard InChI is InChI=1S/C13H11BrClNO2/c14-10-7-11(15)13(16-8-10)18-12-4-2-1-3-9(12)5-6-17/h1-4,7-8,17H,5-6H2. The average Bonchev–Trinajstić information content (AvgIpc) is 2.35. The lowest BCUT2D eigenvalue weighted by Crippen LogP contribution is -1.96. The van der Waals surface area contributed by atoms with Crippen LogP contribution >= 0.6 is 27.5 Å². The van der Waals surface area contributed by atoms with E-state index in [4.69, 9.17) is 21.4 Å². The van der Waals surface area contributed by atoms with Gasteiger partial charge in [-0.15, -0.1) is 0 Å². The minimum atomic E-state index is 0.0713. The predicted octanol–water partition coefficient (Wildman–Crippen LogP) is 3.82. The molecule has 0 fully saturated rings. The zero-order valence-corrected chi connectivity index (χ0v) is 11.8. The topological polar surface area (TPSA) is 42.4 Å². The highest BCUT2D eigenvalue weighted by atomic mass is 79.9. The number of halogens is 2. The molecule has 2 rings (SSSR count). The van der Waals surface area contributed by atoms with E-state index in [-0.39, 0.29) is 6.61 Å². The maximum absolute atomic E-state index is 9.00. The minimum absolute atomic E-state index is 0.0713. The number of nitrogens with zero attached hydrogens (tertiary/aromatic N) is 1. The number of rotatable bonds is 4. The van der Waals surface area contributed by atoms with Crippen molar-refractivity contribution in [3.63, 3.8) is 0 Å². The molecule has 5 heteroatoms. The van der Waals surface area contributed by atoms with Crippen LogP contribution in [0.3, 0.4) is 0 Å². The molecule has 0 atom stereocenters. The van der Waals surface area contributed by atoms with Gasteiger partial charge in [0, 0.05) is 17.3 Å². The summed E-state index contributed by atoms with van der Waals surface area (Å²) >= 11 is 9.33. The van der Waals surface area contributed by atoms with Crippen molar-refractivity contribution < 1.29 is 9.84 Å². The Kier molecular flexibility index (Phi) is 4.58. The Hall–Kier alpha value is -1.10. The number of hydrogen-bond donors (Lipinski definition) is 1. The van der Waals surface area contributed by atoms with Crippen LogP contribution in [0.15, 0.2) is 41.0 Å². The summed E-state index contributed by atoms with van der Waals surface area (Å²) < 4.78 is 6.47. The van der Waals surface area contributed by atoms with Gasteiger partial charge < -0.3 is 9.84 Å². The lowest BCUT2D eigenvalue weighted by atomic mass is 10.1. The summed E-state index contributed by atoms with van der Waals surface area (Å²) in [5.41, 5.74) is 0.917. The second-order valence-corrected chi connectivity index (χ2v) is 4.95. The molecule has 18 heavy (non-hydrogen) atoms. The second-order valence-electron chi connectivity index (χ2n) is 3.62. The molecular formula is C13H11BrClNO2. The Morgan fingerprint density at radius 3 is 2.83 bits per heavy atom. The number of benzene rings is 1. The quantitative estimate of drug-likeness (QED) is 0.927. The maximum atomic E-state index is 9.00. The Bertz CT molecular complexity index is 548. The Balaban J connectivity index is 2.28. The fourth-order valence-electron chi connectivity index (χ4n) is 1.51. The van der Waals surface area contributed by atoms with Gasteiger partial charge in [-0.25, -0.2) is 4.98 Å². The highest BCUT2D eigenvalue weighted by Crippen LogP contribution is 2.30. The first-order chi connectivity index (χ1) is 8.70. The molecule has 2 aromatic rings. The number of ether oxygens (including phenoxy) is 1. The van der Waals surface area contributed by atoms with Gasteiger partial charge in [-0.1, -0.05) is 29.8 Å². The summed E-state index contributed by atoms with van der Waals surface area (Å²) in [5.74, 6) is 1.01. The molecular weight excluding hydrogens is 318 g/mol. The van der Waals surface area contributed by atoms with Gasteiger partial charge in [0.15, 0.2) is 0 Å². The van der Waals surface area contributed by atoms with Gasteiger partial charge in [0.2, 0.25) is 5.88 Å². The summed E-state index contributed by atoms with van der Waals surface area (Å²) in [6.07, 6.45) is 2.15. The number of aliphatic hydroxyl groups is 1. The molecule has 0 saturated carbocycles. The van der Waals surface area contributed by atoms with Crippen molar-refractivity contribution in [1.82, 2.24) is 4.98 Å². The molecule has 1 heterocycles. The molecule has 0 saturated heterocycles. The fraction of sp³-hybridized carbons (Fsp3) is 0.154. The van der Waals surface area contributed by atoms with Crippen molar-refractivity contribution in [2.75, 3.05) is 6.61 Å². The van der Waals surface area contributed by atoms with Crippen molar-refractivity contribution in [2.45, 2.75) is 6.42 Å². The highest BCUT2D eigenvalue weighted by Gasteiger charge is 2.08. The monoisotopic (exact) mass is 327 g/mol. The van der Waals surface area contributed by atoms with Crippen LogP contribution in [0.2, 0.25) is 5.02 Å². The minimum Gasteiger partial charge on any atom is -0.437 e. The molecule has 94 valence electrons. The second kappa shape index (κ2) is 6.18. The third kappa shape index (κ3) is 3.22. The fourth-order valence-corrected chi connectivity index (χ4v) is 2.18. The Morgan fingerprint density at radius 1 is 1.33 bits per heavy atom. The Morgan fingerprint density at radius 2 is 2.11 bits per heavy atom. The van der Waals surface area contributed by atoms with Crippen LogP contribution < -0.4 is 4.74 Å². The van der Waals surface area contributed by atoms with Gasteiger partial charge in [-0.3, -0.25) is 0 Å². The van der Waals surface area contributed by atoms with Crippen molar-refractivity contribution in [3.05, 3.63) is 51.6 Å². The number of para-hydroxylation sites is 1. The van der Waals surface area contributed by atoms with E-state index in [2.05, 4.69) is 20.9 Å². The largest absolute Gasteiger partial charge is 0.437 e. The molecule has 0 aliphatic carbocycles. The van der Waals surface area contributed by atoms with E-state index in [0.29, 0.717) is 23.1 Å². The third-order valence-corrected chi connectivity index (χ3v) is 3.04. The van der Waals surface area contributed by atoms with Crippen molar-refractivity contribution in [2.24, 2.45) is 0 Å². The van der Waals surface area contributed by atoms with Gasteiger partial charge in [-0.05, 0) is 40.0 Å². The van der Waals surface area contributed by atoms with Gasteiger partial charge in [-0.2, -0.15) is 0 Å². The van der Waals surface area contributed by atoms with E-state index in [1.54, 1.807) is 12.3 Å². The van der Waals surface area contributed by atoms with Crippen LogP contribution in [-0.4, -0.2) is 16.7 Å². The zero-order chi connectivity index (χ0) is 13.0. The number of aliphatic hydroxyl groups excluding tert-OH is 1. The van der Waals surface area contributed by atoms with E-state index in [1.807, 2.05) is 24.3 Å². The Labute approximate surface area is 119 Å². The lowest BCUT2D eigenvalue weighted by Gasteiger charge is -2.10. The molecule has 1 aromatic carbocycles. The van der Waals surface area contributed by atoms with Crippen LogP contribution in [0.25, 0.3) is 0 Å². The van der Waals surface area contributed by atoms with Crippen LogP contribution in [0, 0.1) is 0 Å². The molecule has 0 unspecified atom stereocenters. The third-order valence-electron chi connectivity index (χ3n) is 2.33. The van der Waals surface area contributed by atoms with Gasteiger partial charge in [0.05, 0.1) is 0 Å². The summed E-state index contributed by atoms with van der Waals surface area (Å²) in [7, 11) is 0. The number of hydrogen-bond acceptors (Lipinski definition) is 3. The van der Waals surface area contributed by atoms with Crippen molar-refractivity contribution in [3.8, 4) is 11.6 Å². The van der Waals surface area contributed by atoms with Crippen LogP contribution in [0.1, 0.15) is 5.56 Å². The maximum Gasteiger partial charge on any atom is 0.238 e. The van der Waals surface area contributed by atoms with E-state index in [9.17, 15) is 0 Å². The van der Waals surface area contributed by atoms with Crippen LogP contribution in [0.4, 0.5) is 0 Å². The summed E-state index contributed by atoms with van der Waals surface area (Å²) in [5, 5.41) is 9.43. The molecule has 0 aliphatic rings. The van der Waals surface area contributed by atoms with E-state index in [0.717, 1.165) is 10.0 Å². The van der Waals surface area contributed by atoms with Gasteiger partial charge in [0.1, 0.15) is 10.8 Å². The number of pyridine rings is 1. The summed E-state index contributed by atoms with van der Waals surface area (Å²) in [6.45, 7) is 0.0713. The molecule has 0 spiro atoms. The molecule has 1 aromatic heterocycles. The number of aromatic nitrogens is 1. The molecule has 3 nitrogen and oxygen atoms in total. The zero-order valence-electron chi connectivity index (χ0n) is 9.44. The molecule has 1 N–H and O–H groups in total. The molecule has 0 aliphatic heterocycles. The molecule has 0 amide bonds. The van der Waals surface area contributed by atoms with Crippen LogP contribution in [0.5, 0.6) is 11.6 Å². The first kappa shape index (κ1) is 13.3. The summed E-state index contributed by atoms with van der Waals surface area (Å²) in [6, 6.07) is 9.21. The SMILES string of the molecule is OCCc1ccccc1Oc1ncc(Br)cc1Cl. The molecule has 0 bridgehead atoms. The van der Waals surface area contributed by atoms with E-state index in [1.165, 1.54) is 0 Å². The van der Waals surface area contributed by atoms with E-state index >= 15 is 0 Å². The van der Waals surface area contributed by atoms with E-state index < -0.39 is 0 Å². The average molecular weight is 329 g/mol. The normalized spacial score (nSPS) is 10.4. The van der Waals surface area contributed by atoms with Gasteiger partial charge >= 0.3 is 0 Å². The first-order valence-electron chi connectivity index (χ1n) is 5.38. The summed E-state index contributed by atoms with van der Waals surface area (Å²) in [4.78, 5) is 4.11. The van der Waals surface area contributed by atoms with Crippen molar-refractivity contribution >= 4 is 27.5 Å². The van der Waals surface area contributed by atoms with Crippen molar-refractivity contribution in [1.29, 1.82) is 0 Å². The van der Waals surface area contributed by atoms with Gasteiger partial charge in [0.25, 0.3) is 0 Å². The van der Waals surface area contributed by atoms with Crippen LogP contribution in [-0.2, 0) is 6.42 Å². The lowest BCUT2D eigenvalue weighted by molar-refractivity contribution is 0.297. The smallest absolute Gasteiger partial charge is 0.238 e. The highest BCUT2D eigenvalue weighted by molar-refractivity contribution is 9.10. The first-order valence-corrected chi connectivity index (χ1v) is 6.55.